The predicted molar refractivity (Wildman–Crippen MR) is 90.8 cm³/mol. The standard InChI is InChI=1S/C16H21ClN2OS/c1-20-14-4-2-3-13-16(14)18-15(5-8-17)19(13)11-12-6-9-21-10-7-12/h2-4,12H,5-11H2,1H3. The summed E-state index contributed by atoms with van der Waals surface area (Å²) in [5, 5.41) is 0. The fraction of sp³-hybridized carbons (Fsp3) is 0.562. The summed E-state index contributed by atoms with van der Waals surface area (Å²) in [5.74, 6) is 5.86. The number of halogens is 1. The highest BCUT2D eigenvalue weighted by atomic mass is 35.5. The number of para-hydroxylation sites is 1. The van der Waals surface area contributed by atoms with Gasteiger partial charge in [0.15, 0.2) is 0 Å². The Labute approximate surface area is 135 Å². The molecule has 1 aliphatic rings. The number of hydrogen-bond acceptors (Lipinski definition) is 3. The molecule has 5 heteroatoms. The zero-order valence-electron chi connectivity index (χ0n) is 12.3. The molecule has 1 aromatic heterocycles. The van der Waals surface area contributed by atoms with Crippen molar-refractivity contribution in [2.45, 2.75) is 25.8 Å². The van der Waals surface area contributed by atoms with Gasteiger partial charge in [0.25, 0.3) is 0 Å². The molecule has 21 heavy (non-hydrogen) atoms. The van der Waals surface area contributed by atoms with Crippen molar-refractivity contribution in [3.8, 4) is 5.75 Å². The molecule has 0 N–H and O–H groups in total. The van der Waals surface area contributed by atoms with Crippen molar-refractivity contribution in [2.24, 2.45) is 5.92 Å². The number of alkyl halides is 1. The van der Waals surface area contributed by atoms with E-state index in [0.717, 1.165) is 36.0 Å². The molecule has 0 saturated carbocycles. The number of hydrogen-bond donors (Lipinski definition) is 0. The molecule has 1 aromatic carbocycles. The third-order valence-electron chi connectivity index (χ3n) is 4.14. The van der Waals surface area contributed by atoms with E-state index in [1.165, 1.54) is 29.9 Å². The van der Waals surface area contributed by atoms with Gasteiger partial charge < -0.3 is 9.30 Å². The van der Waals surface area contributed by atoms with Crippen molar-refractivity contribution in [3.05, 3.63) is 24.0 Å². The van der Waals surface area contributed by atoms with Gasteiger partial charge in [-0.05, 0) is 42.4 Å². The molecular weight excluding hydrogens is 304 g/mol. The topological polar surface area (TPSA) is 27.1 Å². The van der Waals surface area contributed by atoms with E-state index in [4.69, 9.17) is 21.3 Å². The Morgan fingerprint density at radius 2 is 2.19 bits per heavy atom. The molecule has 114 valence electrons. The highest BCUT2D eigenvalue weighted by Crippen LogP contribution is 2.30. The summed E-state index contributed by atoms with van der Waals surface area (Å²) in [7, 11) is 1.70. The van der Waals surface area contributed by atoms with Gasteiger partial charge in [-0.2, -0.15) is 11.8 Å². The molecule has 0 amide bonds. The first kappa shape index (κ1) is 15.0. The quantitative estimate of drug-likeness (QED) is 0.779. The lowest BCUT2D eigenvalue weighted by molar-refractivity contribution is 0.415. The fourth-order valence-corrected chi connectivity index (χ4v) is 4.37. The van der Waals surface area contributed by atoms with Gasteiger partial charge in [0, 0.05) is 18.8 Å². The van der Waals surface area contributed by atoms with Crippen LogP contribution in [0.1, 0.15) is 18.7 Å². The Bertz CT molecular complexity index is 608. The van der Waals surface area contributed by atoms with Crippen molar-refractivity contribution in [3.63, 3.8) is 0 Å². The Hall–Kier alpha value is -0.870. The number of aryl methyl sites for hydroxylation is 1. The van der Waals surface area contributed by atoms with Crippen LogP contribution in [0.15, 0.2) is 18.2 Å². The highest BCUT2D eigenvalue weighted by Gasteiger charge is 2.19. The zero-order chi connectivity index (χ0) is 14.7. The van der Waals surface area contributed by atoms with Gasteiger partial charge in [-0.1, -0.05) is 6.07 Å². The van der Waals surface area contributed by atoms with E-state index in [9.17, 15) is 0 Å². The Balaban J connectivity index is 1.99. The van der Waals surface area contributed by atoms with Crippen molar-refractivity contribution in [1.29, 1.82) is 0 Å². The van der Waals surface area contributed by atoms with Crippen LogP contribution < -0.4 is 4.74 Å². The van der Waals surface area contributed by atoms with Crippen LogP contribution in [0.25, 0.3) is 11.0 Å². The first-order valence-corrected chi connectivity index (χ1v) is 9.18. The SMILES string of the molecule is COc1cccc2c1nc(CCCl)n2CC1CCSCC1. The number of ether oxygens (including phenoxy) is 1. The van der Waals surface area contributed by atoms with Crippen molar-refractivity contribution in [1.82, 2.24) is 9.55 Å². The zero-order valence-corrected chi connectivity index (χ0v) is 13.9. The highest BCUT2D eigenvalue weighted by molar-refractivity contribution is 7.99. The van der Waals surface area contributed by atoms with Crippen LogP contribution >= 0.6 is 23.4 Å². The van der Waals surface area contributed by atoms with E-state index in [1.807, 2.05) is 12.1 Å². The summed E-state index contributed by atoms with van der Waals surface area (Å²) in [5.41, 5.74) is 2.14. The van der Waals surface area contributed by atoms with Crippen LogP contribution in [0.2, 0.25) is 0 Å². The first-order chi connectivity index (χ1) is 10.3. The van der Waals surface area contributed by atoms with Crippen LogP contribution in [0.5, 0.6) is 5.75 Å². The molecule has 3 rings (SSSR count). The molecule has 0 atom stereocenters. The summed E-state index contributed by atoms with van der Waals surface area (Å²) < 4.78 is 7.81. The summed E-state index contributed by atoms with van der Waals surface area (Å²) in [4.78, 5) is 4.79. The second kappa shape index (κ2) is 6.93. The Morgan fingerprint density at radius 1 is 1.38 bits per heavy atom. The molecule has 3 nitrogen and oxygen atoms in total. The molecule has 0 aliphatic carbocycles. The van der Waals surface area contributed by atoms with E-state index in [-0.39, 0.29) is 0 Å². The number of rotatable bonds is 5. The van der Waals surface area contributed by atoms with Gasteiger partial charge in [-0.3, -0.25) is 0 Å². The maximum atomic E-state index is 5.96. The lowest BCUT2D eigenvalue weighted by atomic mass is 10.0. The van der Waals surface area contributed by atoms with Crippen LogP contribution in [0.4, 0.5) is 0 Å². The number of aromatic nitrogens is 2. The summed E-state index contributed by atoms with van der Waals surface area (Å²) >= 11 is 8.03. The molecule has 1 fully saturated rings. The second-order valence-electron chi connectivity index (χ2n) is 5.46. The van der Waals surface area contributed by atoms with Crippen molar-refractivity contribution >= 4 is 34.4 Å². The molecule has 1 saturated heterocycles. The number of methoxy groups -OCH3 is 1. The van der Waals surface area contributed by atoms with Crippen LogP contribution in [-0.4, -0.2) is 34.0 Å². The van der Waals surface area contributed by atoms with E-state index >= 15 is 0 Å². The molecule has 0 bridgehead atoms. The molecule has 2 heterocycles. The maximum Gasteiger partial charge on any atom is 0.146 e. The monoisotopic (exact) mass is 324 g/mol. The summed E-state index contributed by atoms with van der Waals surface area (Å²) in [6.45, 7) is 1.05. The fourth-order valence-electron chi connectivity index (χ4n) is 3.00. The third kappa shape index (κ3) is 3.16. The van der Waals surface area contributed by atoms with Gasteiger partial charge >= 0.3 is 0 Å². The first-order valence-electron chi connectivity index (χ1n) is 7.49. The van der Waals surface area contributed by atoms with E-state index in [2.05, 4.69) is 22.4 Å². The maximum absolute atomic E-state index is 5.96. The van der Waals surface area contributed by atoms with Gasteiger partial charge in [-0.15, -0.1) is 11.6 Å². The average molecular weight is 325 g/mol. The minimum atomic E-state index is 0.603. The summed E-state index contributed by atoms with van der Waals surface area (Å²) in [6, 6.07) is 6.15. The van der Waals surface area contributed by atoms with Gasteiger partial charge in [0.1, 0.15) is 17.1 Å². The number of thioether (sulfide) groups is 1. The lowest BCUT2D eigenvalue weighted by Gasteiger charge is -2.23. The van der Waals surface area contributed by atoms with E-state index < -0.39 is 0 Å². The van der Waals surface area contributed by atoms with E-state index in [0.29, 0.717) is 5.88 Å². The predicted octanol–water partition coefficient (Wildman–Crippen LogP) is 3.97. The van der Waals surface area contributed by atoms with Crippen molar-refractivity contribution < 1.29 is 4.74 Å². The Morgan fingerprint density at radius 3 is 2.90 bits per heavy atom. The van der Waals surface area contributed by atoms with Crippen LogP contribution in [-0.2, 0) is 13.0 Å². The number of imidazole rings is 1. The molecule has 0 spiro atoms. The summed E-state index contributed by atoms with van der Waals surface area (Å²) in [6.07, 6.45) is 3.41. The van der Waals surface area contributed by atoms with E-state index in [1.54, 1.807) is 7.11 Å². The van der Waals surface area contributed by atoms with Crippen molar-refractivity contribution in [2.75, 3.05) is 24.5 Å². The normalized spacial score (nSPS) is 16.5. The minimum absolute atomic E-state index is 0.603. The molecule has 0 radical (unpaired) electrons. The largest absolute Gasteiger partial charge is 0.494 e. The second-order valence-corrected chi connectivity index (χ2v) is 7.06. The lowest BCUT2D eigenvalue weighted by Crippen LogP contribution is -2.18. The third-order valence-corrected chi connectivity index (χ3v) is 5.38. The van der Waals surface area contributed by atoms with Gasteiger partial charge in [0.2, 0.25) is 0 Å². The van der Waals surface area contributed by atoms with Crippen LogP contribution in [0.3, 0.4) is 0 Å². The molecule has 1 aliphatic heterocycles. The van der Waals surface area contributed by atoms with Gasteiger partial charge in [0.05, 0.1) is 12.6 Å². The smallest absolute Gasteiger partial charge is 0.146 e. The average Bonchev–Trinajstić information content (AvgIpc) is 2.87. The van der Waals surface area contributed by atoms with Gasteiger partial charge in [-0.25, -0.2) is 4.98 Å². The minimum Gasteiger partial charge on any atom is -0.494 e. The molecular formula is C16H21ClN2OS. The number of nitrogens with zero attached hydrogens (tertiary/aromatic N) is 2. The number of benzene rings is 1. The molecule has 0 unspecified atom stereocenters. The van der Waals surface area contributed by atoms with Crippen LogP contribution in [0, 0.1) is 5.92 Å². The molecule has 2 aromatic rings. The Kier molecular flexibility index (Phi) is 4.96. The number of fused-ring (bicyclic) bond motifs is 1.